The summed E-state index contributed by atoms with van der Waals surface area (Å²) in [5.74, 6) is 1.14. The standard InChI is InChI=1S/C14H24N4O3/c1-9-7-18(8-10(2)15-9)13(19)6-5-12-16-14(17-21-12)11(3)20-4/h9-11,15H,5-8H2,1-4H3. The Labute approximate surface area is 125 Å². The maximum Gasteiger partial charge on any atom is 0.227 e. The molecule has 1 amide bonds. The van der Waals surface area contributed by atoms with Crippen molar-refractivity contribution in [1.82, 2.24) is 20.4 Å². The van der Waals surface area contributed by atoms with Crippen LogP contribution < -0.4 is 5.32 Å². The van der Waals surface area contributed by atoms with Gasteiger partial charge in [-0.05, 0) is 20.8 Å². The molecule has 0 spiro atoms. The van der Waals surface area contributed by atoms with Crippen molar-refractivity contribution < 1.29 is 14.1 Å². The number of carbonyl (C=O) groups is 1. The number of methoxy groups -OCH3 is 1. The van der Waals surface area contributed by atoms with Gasteiger partial charge in [-0.2, -0.15) is 4.98 Å². The lowest BCUT2D eigenvalue weighted by Crippen LogP contribution is -2.55. The number of aromatic nitrogens is 2. The Morgan fingerprint density at radius 1 is 1.48 bits per heavy atom. The smallest absolute Gasteiger partial charge is 0.227 e. The van der Waals surface area contributed by atoms with Crippen LogP contribution in [0.1, 0.15) is 45.0 Å². The number of nitrogens with zero attached hydrogens (tertiary/aromatic N) is 3. The predicted octanol–water partition coefficient (Wildman–Crippen LogP) is 0.918. The maximum atomic E-state index is 12.2. The van der Waals surface area contributed by atoms with Crippen molar-refractivity contribution in [3.8, 4) is 0 Å². The van der Waals surface area contributed by atoms with E-state index in [1.165, 1.54) is 0 Å². The summed E-state index contributed by atoms with van der Waals surface area (Å²) in [4.78, 5) is 18.4. The number of nitrogens with one attached hydrogen (secondary N) is 1. The zero-order valence-electron chi connectivity index (χ0n) is 13.1. The van der Waals surface area contributed by atoms with Crippen molar-refractivity contribution in [2.45, 2.75) is 51.8 Å². The molecule has 0 aliphatic carbocycles. The Morgan fingerprint density at radius 3 is 2.76 bits per heavy atom. The molecule has 7 heteroatoms. The fourth-order valence-corrected chi connectivity index (χ4v) is 2.54. The van der Waals surface area contributed by atoms with Crippen LogP contribution in [0.2, 0.25) is 0 Å². The Kier molecular flexibility index (Phi) is 5.30. The lowest BCUT2D eigenvalue weighted by molar-refractivity contribution is -0.133. The summed E-state index contributed by atoms with van der Waals surface area (Å²) in [6.07, 6.45) is 0.658. The SMILES string of the molecule is COC(C)c1noc(CCC(=O)N2CC(C)NC(C)C2)n1. The van der Waals surface area contributed by atoms with Crippen molar-refractivity contribution in [2.24, 2.45) is 0 Å². The highest BCUT2D eigenvalue weighted by atomic mass is 16.5. The van der Waals surface area contributed by atoms with Crippen LogP contribution in [0.5, 0.6) is 0 Å². The highest BCUT2D eigenvalue weighted by Gasteiger charge is 2.25. The molecule has 7 nitrogen and oxygen atoms in total. The minimum absolute atomic E-state index is 0.134. The topological polar surface area (TPSA) is 80.5 Å². The molecule has 0 saturated carbocycles. The Morgan fingerprint density at radius 2 is 2.14 bits per heavy atom. The predicted molar refractivity (Wildman–Crippen MR) is 76.7 cm³/mol. The first-order chi connectivity index (χ1) is 9.99. The summed E-state index contributed by atoms with van der Waals surface area (Å²) in [5.41, 5.74) is 0. The van der Waals surface area contributed by atoms with Gasteiger partial charge in [-0.3, -0.25) is 4.79 Å². The van der Waals surface area contributed by atoms with Gasteiger partial charge in [0.15, 0.2) is 5.82 Å². The zero-order valence-corrected chi connectivity index (χ0v) is 13.1. The van der Waals surface area contributed by atoms with E-state index in [9.17, 15) is 4.79 Å². The van der Waals surface area contributed by atoms with Crippen molar-refractivity contribution >= 4 is 5.91 Å². The first-order valence-corrected chi connectivity index (χ1v) is 7.38. The summed E-state index contributed by atoms with van der Waals surface area (Å²) in [7, 11) is 1.59. The van der Waals surface area contributed by atoms with Gasteiger partial charge in [0, 0.05) is 45.1 Å². The summed E-state index contributed by atoms with van der Waals surface area (Å²) in [5, 5.41) is 7.27. The molecule has 1 N–H and O–H groups in total. The average molecular weight is 296 g/mol. The number of piperazine rings is 1. The summed E-state index contributed by atoms with van der Waals surface area (Å²) in [6.45, 7) is 7.53. The normalized spacial score (nSPS) is 24.1. The minimum atomic E-state index is -0.201. The third-order valence-electron chi connectivity index (χ3n) is 3.66. The quantitative estimate of drug-likeness (QED) is 0.870. The van der Waals surface area contributed by atoms with Gasteiger partial charge < -0.3 is 19.5 Å². The first kappa shape index (κ1) is 15.9. The van der Waals surface area contributed by atoms with E-state index >= 15 is 0 Å². The molecule has 1 saturated heterocycles. The highest BCUT2D eigenvalue weighted by molar-refractivity contribution is 5.76. The molecule has 21 heavy (non-hydrogen) atoms. The third kappa shape index (κ3) is 4.25. The van der Waals surface area contributed by atoms with Crippen LogP contribution >= 0.6 is 0 Å². The van der Waals surface area contributed by atoms with Gasteiger partial charge in [0.1, 0.15) is 6.10 Å². The Balaban J connectivity index is 1.85. The van der Waals surface area contributed by atoms with Gasteiger partial charge >= 0.3 is 0 Å². The van der Waals surface area contributed by atoms with E-state index in [2.05, 4.69) is 29.3 Å². The fraction of sp³-hybridized carbons (Fsp3) is 0.786. The molecular weight excluding hydrogens is 272 g/mol. The molecule has 0 bridgehead atoms. The molecule has 0 radical (unpaired) electrons. The van der Waals surface area contributed by atoms with E-state index < -0.39 is 0 Å². The number of hydrogen-bond donors (Lipinski definition) is 1. The van der Waals surface area contributed by atoms with Gasteiger partial charge in [0.05, 0.1) is 0 Å². The summed E-state index contributed by atoms with van der Waals surface area (Å²) >= 11 is 0. The molecule has 1 fully saturated rings. The largest absolute Gasteiger partial charge is 0.374 e. The molecule has 2 rings (SSSR count). The molecule has 1 aliphatic rings. The van der Waals surface area contributed by atoms with Crippen LogP contribution in [0.25, 0.3) is 0 Å². The number of carbonyl (C=O) groups excluding carboxylic acids is 1. The van der Waals surface area contributed by atoms with Crippen molar-refractivity contribution in [3.05, 3.63) is 11.7 Å². The zero-order chi connectivity index (χ0) is 15.4. The number of aryl methyl sites for hydroxylation is 1. The molecule has 3 unspecified atom stereocenters. The van der Waals surface area contributed by atoms with Gasteiger partial charge in [0.25, 0.3) is 0 Å². The summed E-state index contributed by atoms with van der Waals surface area (Å²) in [6, 6.07) is 0.658. The van der Waals surface area contributed by atoms with Gasteiger partial charge in [-0.15, -0.1) is 0 Å². The van der Waals surface area contributed by atoms with Crippen LogP contribution in [-0.4, -0.2) is 53.2 Å². The minimum Gasteiger partial charge on any atom is -0.374 e. The average Bonchev–Trinajstić information content (AvgIpc) is 2.91. The molecular formula is C14H24N4O3. The molecule has 0 aromatic carbocycles. The van der Waals surface area contributed by atoms with Gasteiger partial charge in [0.2, 0.25) is 11.8 Å². The number of rotatable bonds is 5. The second-order valence-corrected chi connectivity index (χ2v) is 5.69. The van der Waals surface area contributed by atoms with E-state index in [1.807, 2.05) is 11.8 Å². The molecule has 2 heterocycles. The molecule has 118 valence electrons. The second kappa shape index (κ2) is 7.00. The Hall–Kier alpha value is -1.47. The highest BCUT2D eigenvalue weighted by Crippen LogP contribution is 2.13. The number of amides is 1. The fourth-order valence-electron chi connectivity index (χ4n) is 2.54. The van der Waals surface area contributed by atoms with E-state index in [4.69, 9.17) is 9.26 Å². The number of hydrogen-bond acceptors (Lipinski definition) is 6. The van der Waals surface area contributed by atoms with Crippen molar-refractivity contribution in [3.63, 3.8) is 0 Å². The van der Waals surface area contributed by atoms with E-state index in [0.29, 0.717) is 36.6 Å². The first-order valence-electron chi connectivity index (χ1n) is 7.38. The van der Waals surface area contributed by atoms with E-state index in [-0.39, 0.29) is 12.0 Å². The lowest BCUT2D eigenvalue weighted by atomic mass is 10.1. The van der Waals surface area contributed by atoms with Crippen LogP contribution in [0.3, 0.4) is 0 Å². The molecule has 1 aromatic rings. The van der Waals surface area contributed by atoms with Gasteiger partial charge in [-0.1, -0.05) is 5.16 Å². The second-order valence-electron chi connectivity index (χ2n) is 5.69. The van der Waals surface area contributed by atoms with Crippen molar-refractivity contribution in [1.29, 1.82) is 0 Å². The molecule has 1 aliphatic heterocycles. The summed E-state index contributed by atoms with van der Waals surface area (Å²) < 4.78 is 10.3. The molecule has 3 atom stereocenters. The maximum absolute atomic E-state index is 12.2. The van der Waals surface area contributed by atoms with Crippen LogP contribution in [0, 0.1) is 0 Å². The van der Waals surface area contributed by atoms with Crippen LogP contribution in [0.15, 0.2) is 4.52 Å². The van der Waals surface area contributed by atoms with E-state index in [0.717, 1.165) is 13.1 Å². The van der Waals surface area contributed by atoms with Crippen molar-refractivity contribution in [2.75, 3.05) is 20.2 Å². The number of ether oxygens (including phenoxy) is 1. The van der Waals surface area contributed by atoms with Crippen LogP contribution in [0.4, 0.5) is 0 Å². The van der Waals surface area contributed by atoms with Gasteiger partial charge in [-0.25, -0.2) is 0 Å². The Bertz CT molecular complexity index is 467. The monoisotopic (exact) mass is 296 g/mol. The van der Waals surface area contributed by atoms with Crippen LogP contribution in [-0.2, 0) is 16.0 Å². The third-order valence-corrected chi connectivity index (χ3v) is 3.66. The van der Waals surface area contributed by atoms with E-state index in [1.54, 1.807) is 7.11 Å². The lowest BCUT2D eigenvalue weighted by Gasteiger charge is -2.36. The molecule has 1 aromatic heterocycles.